The molecule has 1 saturated carbocycles. The molecular weight excluding hydrogens is 256 g/mol. The molecule has 2 amide bonds. The smallest absolute Gasteiger partial charge is 0.246 e. The van der Waals surface area contributed by atoms with Crippen molar-refractivity contribution in [3.8, 4) is 0 Å². The number of nitrogens with zero attached hydrogens (tertiary/aromatic N) is 2. The molecule has 6 nitrogen and oxygen atoms in total. The number of anilines is 1. The van der Waals surface area contributed by atoms with Gasteiger partial charge in [0, 0.05) is 18.8 Å². The second kappa shape index (κ2) is 5.20. The van der Waals surface area contributed by atoms with Crippen molar-refractivity contribution >= 4 is 17.6 Å². The average Bonchev–Trinajstić information content (AvgIpc) is 3.19. The van der Waals surface area contributed by atoms with Crippen molar-refractivity contribution < 1.29 is 9.59 Å². The van der Waals surface area contributed by atoms with Gasteiger partial charge in [-0.15, -0.1) is 0 Å². The van der Waals surface area contributed by atoms with E-state index in [-0.39, 0.29) is 24.9 Å². The lowest BCUT2D eigenvalue weighted by molar-refractivity contribution is -0.130. The van der Waals surface area contributed by atoms with E-state index in [1.54, 1.807) is 4.90 Å². The average molecular weight is 274 g/mol. The highest BCUT2D eigenvalue weighted by molar-refractivity contribution is 6.02. The molecule has 1 aliphatic heterocycles. The molecular formula is C14H18N4O2. The van der Waals surface area contributed by atoms with Crippen LogP contribution < -0.4 is 15.5 Å². The Morgan fingerprint density at radius 1 is 1.35 bits per heavy atom. The molecule has 20 heavy (non-hydrogen) atoms. The van der Waals surface area contributed by atoms with Gasteiger partial charge < -0.3 is 10.2 Å². The fraction of sp³-hybridized carbons (Fsp3) is 0.500. The SMILES string of the molecule is Cc1cc(CNC2CC2)cnc1N1CC(=O)NC(=O)C1. The Morgan fingerprint density at radius 2 is 2.05 bits per heavy atom. The van der Waals surface area contributed by atoms with E-state index in [9.17, 15) is 9.59 Å². The Balaban J connectivity index is 1.72. The summed E-state index contributed by atoms with van der Waals surface area (Å²) in [5.74, 6) is 0.159. The second-order valence-corrected chi connectivity index (χ2v) is 5.47. The van der Waals surface area contributed by atoms with Gasteiger partial charge in [0.15, 0.2) is 0 Å². The first kappa shape index (κ1) is 13.1. The predicted octanol–water partition coefficient (Wildman–Crippen LogP) is 0.105. The predicted molar refractivity (Wildman–Crippen MR) is 74.2 cm³/mol. The minimum absolute atomic E-state index is 0.180. The normalized spacial score (nSPS) is 19.1. The summed E-state index contributed by atoms with van der Waals surface area (Å²) in [6.07, 6.45) is 4.33. The lowest BCUT2D eigenvalue weighted by Crippen LogP contribution is -2.52. The summed E-state index contributed by atoms with van der Waals surface area (Å²) in [5.41, 5.74) is 2.12. The van der Waals surface area contributed by atoms with E-state index in [0.29, 0.717) is 11.9 Å². The first-order valence-electron chi connectivity index (χ1n) is 6.88. The molecule has 2 N–H and O–H groups in total. The van der Waals surface area contributed by atoms with Gasteiger partial charge in [-0.25, -0.2) is 4.98 Å². The number of carbonyl (C=O) groups excluding carboxylic acids is 2. The van der Waals surface area contributed by atoms with Crippen molar-refractivity contribution in [1.82, 2.24) is 15.6 Å². The van der Waals surface area contributed by atoms with Gasteiger partial charge in [-0.3, -0.25) is 14.9 Å². The number of aryl methyl sites for hydroxylation is 1. The van der Waals surface area contributed by atoms with Crippen molar-refractivity contribution in [2.24, 2.45) is 0 Å². The number of rotatable bonds is 4. The molecule has 106 valence electrons. The van der Waals surface area contributed by atoms with Gasteiger partial charge in [0.05, 0.1) is 13.1 Å². The first-order valence-corrected chi connectivity index (χ1v) is 6.88. The van der Waals surface area contributed by atoms with Gasteiger partial charge in [0.25, 0.3) is 0 Å². The number of amides is 2. The third-order valence-corrected chi connectivity index (χ3v) is 3.53. The molecule has 0 radical (unpaired) electrons. The largest absolute Gasteiger partial charge is 0.338 e. The molecule has 1 aromatic heterocycles. The zero-order valence-electron chi connectivity index (χ0n) is 11.5. The van der Waals surface area contributed by atoms with E-state index in [4.69, 9.17) is 0 Å². The maximum atomic E-state index is 11.4. The number of piperazine rings is 1. The molecule has 6 heteroatoms. The van der Waals surface area contributed by atoms with Crippen LogP contribution in [-0.4, -0.2) is 35.9 Å². The Bertz CT molecular complexity index is 538. The minimum atomic E-state index is -0.276. The van der Waals surface area contributed by atoms with Gasteiger partial charge in [-0.1, -0.05) is 0 Å². The molecule has 0 unspecified atom stereocenters. The fourth-order valence-corrected chi connectivity index (χ4v) is 2.39. The van der Waals surface area contributed by atoms with Crippen LogP contribution >= 0.6 is 0 Å². The van der Waals surface area contributed by atoms with Crippen LogP contribution in [0.4, 0.5) is 5.82 Å². The van der Waals surface area contributed by atoms with E-state index in [0.717, 1.165) is 17.7 Å². The van der Waals surface area contributed by atoms with Crippen LogP contribution in [0.5, 0.6) is 0 Å². The molecule has 0 atom stereocenters. The van der Waals surface area contributed by atoms with Crippen molar-refractivity contribution in [2.45, 2.75) is 32.4 Å². The summed E-state index contributed by atoms with van der Waals surface area (Å²) in [5, 5.41) is 5.73. The minimum Gasteiger partial charge on any atom is -0.338 e. The Labute approximate surface area is 117 Å². The maximum Gasteiger partial charge on any atom is 0.246 e. The molecule has 0 bridgehead atoms. The third kappa shape index (κ3) is 2.96. The van der Waals surface area contributed by atoms with E-state index >= 15 is 0 Å². The van der Waals surface area contributed by atoms with Crippen molar-refractivity contribution in [3.05, 3.63) is 23.4 Å². The van der Waals surface area contributed by atoms with Crippen LogP contribution in [0, 0.1) is 6.92 Å². The van der Waals surface area contributed by atoms with Crippen LogP contribution in [0.25, 0.3) is 0 Å². The monoisotopic (exact) mass is 274 g/mol. The Kier molecular flexibility index (Phi) is 3.40. The lowest BCUT2D eigenvalue weighted by Gasteiger charge is -2.27. The molecule has 0 aromatic carbocycles. The van der Waals surface area contributed by atoms with Crippen LogP contribution in [0.15, 0.2) is 12.3 Å². The summed E-state index contributed by atoms with van der Waals surface area (Å²) in [7, 11) is 0. The third-order valence-electron chi connectivity index (χ3n) is 3.53. The fourth-order valence-electron chi connectivity index (χ4n) is 2.39. The molecule has 1 aliphatic carbocycles. The van der Waals surface area contributed by atoms with Crippen LogP contribution in [0.1, 0.15) is 24.0 Å². The summed E-state index contributed by atoms with van der Waals surface area (Å²) in [4.78, 5) is 29.0. The quantitative estimate of drug-likeness (QED) is 0.762. The standard InChI is InChI=1S/C14H18N4O2/c1-9-4-10(5-15-11-2-3-11)6-16-14(9)18-7-12(19)17-13(20)8-18/h4,6,11,15H,2-3,5,7-8H2,1H3,(H,17,19,20). The molecule has 1 aromatic rings. The van der Waals surface area contributed by atoms with Crippen molar-refractivity contribution in [1.29, 1.82) is 0 Å². The topological polar surface area (TPSA) is 74.3 Å². The zero-order chi connectivity index (χ0) is 14.1. The Hall–Kier alpha value is -1.95. The summed E-state index contributed by atoms with van der Waals surface area (Å²) < 4.78 is 0. The van der Waals surface area contributed by atoms with Gasteiger partial charge in [-0.2, -0.15) is 0 Å². The summed E-state index contributed by atoms with van der Waals surface area (Å²) >= 11 is 0. The number of pyridine rings is 1. The summed E-state index contributed by atoms with van der Waals surface area (Å²) in [6.45, 7) is 3.14. The zero-order valence-corrected chi connectivity index (χ0v) is 11.5. The van der Waals surface area contributed by atoms with E-state index < -0.39 is 0 Å². The van der Waals surface area contributed by atoms with Gasteiger partial charge in [-0.05, 0) is 37.0 Å². The second-order valence-electron chi connectivity index (χ2n) is 5.47. The molecule has 0 spiro atoms. The number of hydrogen-bond donors (Lipinski definition) is 2. The molecule has 2 fully saturated rings. The molecule has 3 rings (SSSR count). The van der Waals surface area contributed by atoms with Crippen molar-refractivity contribution in [2.75, 3.05) is 18.0 Å². The number of imide groups is 1. The highest BCUT2D eigenvalue weighted by atomic mass is 16.2. The van der Waals surface area contributed by atoms with Crippen LogP contribution in [0.2, 0.25) is 0 Å². The first-order chi connectivity index (χ1) is 9.61. The number of hydrogen-bond acceptors (Lipinski definition) is 5. The number of aromatic nitrogens is 1. The number of carbonyl (C=O) groups is 2. The lowest BCUT2D eigenvalue weighted by atomic mass is 10.2. The van der Waals surface area contributed by atoms with Crippen LogP contribution in [0.3, 0.4) is 0 Å². The van der Waals surface area contributed by atoms with Gasteiger partial charge >= 0.3 is 0 Å². The maximum absolute atomic E-state index is 11.4. The molecule has 2 aliphatic rings. The number of nitrogens with one attached hydrogen (secondary N) is 2. The highest BCUT2D eigenvalue weighted by Crippen LogP contribution is 2.21. The molecule has 1 saturated heterocycles. The Morgan fingerprint density at radius 3 is 2.65 bits per heavy atom. The van der Waals surface area contributed by atoms with E-state index in [1.165, 1.54) is 12.8 Å². The van der Waals surface area contributed by atoms with Crippen LogP contribution in [-0.2, 0) is 16.1 Å². The highest BCUT2D eigenvalue weighted by Gasteiger charge is 2.25. The van der Waals surface area contributed by atoms with E-state index in [1.807, 2.05) is 13.1 Å². The van der Waals surface area contributed by atoms with Gasteiger partial charge in [0.2, 0.25) is 11.8 Å². The van der Waals surface area contributed by atoms with Gasteiger partial charge in [0.1, 0.15) is 5.82 Å². The van der Waals surface area contributed by atoms with Crippen molar-refractivity contribution in [3.63, 3.8) is 0 Å². The summed E-state index contributed by atoms with van der Waals surface area (Å²) in [6, 6.07) is 2.73. The molecule has 2 heterocycles. The van der Waals surface area contributed by atoms with E-state index in [2.05, 4.69) is 21.7 Å².